The molecule has 32 heavy (non-hydrogen) atoms. The second kappa shape index (κ2) is 8.58. The van der Waals surface area contributed by atoms with E-state index in [1.165, 1.54) is 0 Å². The molecule has 0 aliphatic carbocycles. The van der Waals surface area contributed by atoms with Gasteiger partial charge in [0.25, 0.3) is 5.56 Å². The minimum absolute atomic E-state index is 0.162. The number of hydrogen-bond acceptors (Lipinski definition) is 6. The van der Waals surface area contributed by atoms with Crippen LogP contribution in [0.15, 0.2) is 41.2 Å². The number of aromatic nitrogens is 1. The van der Waals surface area contributed by atoms with Crippen LogP contribution in [0.2, 0.25) is 0 Å². The minimum atomic E-state index is -0.162. The lowest BCUT2D eigenvalue weighted by molar-refractivity contribution is 0.173. The number of rotatable bonds is 6. The van der Waals surface area contributed by atoms with Gasteiger partial charge in [-0.3, -0.25) is 4.79 Å². The summed E-state index contributed by atoms with van der Waals surface area (Å²) in [5.74, 6) is 2.76. The van der Waals surface area contributed by atoms with E-state index in [1.54, 1.807) is 6.07 Å². The summed E-state index contributed by atoms with van der Waals surface area (Å²) < 4.78 is 21.8. The molecule has 5 rings (SSSR count). The molecule has 0 saturated carbocycles. The molecule has 2 aliphatic rings. The van der Waals surface area contributed by atoms with Crippen LogP contribution in [0.5, 0.6) is 23.0 Å². The highest BCUT2D eigenvalue weighted by Gasteiger charge is 2.19. The summed E-state index contributed by atoms with van der Waals surface area (Å²) in [6.07, 6.45) is 0.946. The van der Waals surface area contributed by atoms with Crippen LogP contribution in [0.3, 0.4) is 0 Å². The maximum absolute atomic E-state index is 12.9. The molecule has 0 radical (unpaired) electrons. The predicted octanol–water partition coefficient (Wildman–Crippen LogP) is 3.27. The molecule has 3 heterocycles. The lowest BCUT2D eigenvalue weighted by atomic mass is 10.1. The average molecular weight is 454 g/mol. The number of nitrogens with zero attached hydrogens (tertiary/aromatic N) is 1. The Morgan fingerprint density at radius 3 is 2.50 bits per heavy atom. The second-order valence-electron chi connectivity index (χ2n) is 7.69. The standard InChI is InChI=1S/C23H23N3O5S/c1-2-5-24-23(32)26(10-14-3-4-18-19(6-14)29-12-28-18)11-16-7-15-8-20-21(31-13-30-20)9-17(15)25-22(16)27/h3-4,6-9H,2,5,10-13H2,1H3,(H,24,32)(H,25,27). The molecule has 0 fully saturated rings. The molecular weight excluding hydrogens is 430 g/mol. The molecule has 0 amide bonds. The first-order valence-corrected chi connectivity index (χ1v) is 10.9. The number of pyridine rings is 1. The quantitative estimate of drug-likeness (QED) is 0.550. The van der Waals surface area contributed by atoms with Crippen molar-refractivity contribution in [3.8, 4) is 23.0 Å². The first-order valence-electron chi connectivity index (χ1n) is 10.5. The van der Waals surface area contributed by atoms with Crippen LogP contribution in [-0.4, -0.2) is 35.1 Å². The summed E-state index contributed by atoms with van der Waals surface area (Å²) in [6, 6.07) is 11.4. The molecule has 0 bridgehead atoms. The number of thiocarbonyl (C=S) groups is 1. The van der Waals surface area contributed by atoms with Gasteiger partial charge in [-0.15, -0.1) is 0 Å². The average Bonchev–Trinajstić information content (AvgIpc) is 3.44. The number of fused-ring (bicyclic) bond motifs is 3. The molecule has 2 aliphatic heterocycles. The third kappa shape index (κ3) is 4.03. The summed E-state index contributed by atoms with van der Waals surface area (Å²) in [6.45, 7) is 4.12. The Morgan fingerprint density at radius 1 is 1.00 bits per heavy atom. The number of hydrogen-bond donors (Lipinski definition) is 2. The second-order valence-corrected chi connectivity index (χ2v) is 8.08. The molecule has 9 heteroatoms. The molecule has 2 N–H and O–H groups in total. The van der Waals surface area contributed by atoms with Crippen LogP contribution < -0.4 is 29.8 Å². The van der Waals surface area contributed by atoms with Crippen molar-refractivity contribution in [3.05, 3.63) is 57.9 Å². The first kappa shape index (κ1) is 20.4. The number of benzene rings is 2. The molecule has 0 atom stereocenters. The summed E-state index contributed by atoms with van der Waals surface area (Å²) in [5.41, 5.74) is 2.16. The molecule has 166 valence electrons. The Balaban J connectivity index is 1.44. The van der Waals surface area contributed by atoms with E-state index in [-0.39, 0.29) is 19.1 Å². The smallest absolute Gasteiger partial charge is 0.253 e. The van der Waals surface area contributed by atoms with E-state index in [0.29, 0.717) is 40.8 Å². The topological polar surface area (TPSA) is 85.1 Å². The predicted molar refractivity (Wildman–Crippen MR) is 123 cm³/mol. The van der Waals surface area contributed by atoms with Gasteiger partial charge in [-0.2, -0.15) is 0 Å². The van der Waals surface area contributed by atoms with E-state index in [2.05, 4.69) is 17.2 Å². The maximum atomic E-state index is 12.9. The largest absolute Gasteiger partial charge is 0.454 e. The Morgan fingerprint density at radius 2 is 1.72 bits per heavy atom. The van der Waals surface area contributed by atoms with Crippen LogP contribution in [0.4, 0.5) is 0 Å². The van der Waals surface area contributed by atoms with Crippen LogP contribution in [0.1, 0.15) is 24.5 Å². The molecule has 0 spiro atoms. The van der Waals surface area contributed by atoms with Crippen molar-refractivity contribution >= 4 is 28.2 Å². The Hall–Kier alpha value is -3.46. The van der Waals surface area contributed by atoms with Crippen LogP contribution in [0, 0.1) is 0 Å². The molecule has 1 aromatic heterocycles. The number of aromatic amines is 1. The zero-order chi connectivity index (χ0) is 22.1. The summed E-state index contributed by atoms with van der Waals surface area (Å²) in [7, 11) is 0. The highest BCUT2D eigenvalue weighted by molar-refractivity contribution is 7.80. The van der Waals surface area contributed by atoms with Gasteiger partial charge in [0, 0.05) is 30.1 Å². The Kier molecular flexibility index (Phi) is 5.48. The van der Waals surface area contributed by atoms with E-state index in [0.717, 1.165) is 35.4 Å². The lowest BCUT2D eigenvalue weighted by Gasteiger charge is -2.26. The summed E-state index contributed by atoms with van der Waals surface area (Å²) in [5, 5.41) is 4.74. The third-order valence-corrected chi connectivity index (χ3v) is 5.80. The molecule has 8 nitrogen and oxygen atoms in total. The van der Waals surface area contributed by atoms with Gasteiger partial charge in [-0.1, -0.05) is 13.0 Å². The van der Waals surface area contributed by atoms with Crippen molar-refractivity contribution in [1.82, 2.24) is 15.2 Å². The fraction of sp³-hybridized carbons (Fsp3) is 0.304. The fourth-order valence-corrected chi connectivity index (χ4v) is 4.00. The normalized spacial score (nSPS) is 13.4. The lowest BCUT2D eigenvalue weighted by Crippen LogP contribution is -2.40. The van der Waals surface area contributed by atoms with Crippen molar-refractivity contribution < 1.29 is 18.9 Å². The zero-order valence-corrected chi connectivity index (χ0v) is 18.4. The maximum Gasteiger partial charge on any atom is 0.253 e. The van der Waals surface area contributed by atoms with Gasteiger partial charge >= 0.3 is 0 Å². The van der Waals surface area contributed by atoms with Gasteiger partial charge in [0.15, 0.2) is 28.1 Å². The van der Waals surface area contributed by atoms with Gasteiger partial charge < -0.3 is 34.1 Å². The van der Waals surface area contributed by atoms with Crippen LogP contribution in [-0.2, 0) is 13.1 Å². The highest BCUT2D eigenvalue weighted by atomic mass is 32.1. The Labute approximate surface area is 190 Å². The third-order valence-electron chi connectivity index (χ3n) is 5.40. The zero-order valence-electron chi connectivity index (χ0n) is 17.6. The van der Waals surface area contributed by atoms with Crippen molar-refractivity contribution in [2.75, 3.05) is 20.1 Å². The SMILES string of the molecule is CCCNC(=S)N(Cc1ccc2c(c1)OCO2)Cc1cc2cc3c(cc2[nH]c1=O)OCO3. The highest BCUT2D eigenvalue weighted by Crippen LogP contribution is 2.35. The number of nitrogens with one attached hydrogen (secondary N) is 2. The van der Waals surface area contributed by atoms with Gasteiger partial charge in [0.1, 0.15) is 0 Å². The molecule has 0 unspecified atom stereocenters. The summed E-state index contributed by atoms with van der Waals surface area (Å²) >= 11 is 5.65. The van der Waals surface area contributed by atoms with E-state index >= 15 is 0 Å². The minimum Gasteiger partial charge on any atom is -0.454 e. The van der Waals surface area contributed by atoms with Crippen molar-refractivity contribution in [1.29, 1.82) is 0 Å². The molecule has 0 saturated heterocycles. The van der Waals surface area contributed by atoms with Gasteiger partial charge in [0.05, 0.1) is 12.1 Å². The van der Waals surface area contributed by atoms with E-state index in [1.807, 2.05) is 35.2 Å². The number of ether oxygens (including phenoxy) is 4. The monoisotopic (exact) mass is 453 g/mol. The molecule has 2 aromatic carbocycles. The van der Waals surface area contributed by atoms with Gasteiger partial charge in [0.2, 0.25) is 13.6 Å². The van der Waals surface area contributed by atoms with E-state index in [9.17, 15) is 4.79 Å². The van der Waals surface area contributed by atoms with Crippen molar-refractivity contribution in [2.24, 2.45) is 0 Å². The Bertz CT molecular complexity index is 1240. The molecular formula is C23H23N3O5S. The van der Waals surface area contributed by atoms with E-state index in [4.69, 9.17) is 31.2 Å². The number of H-pyrrole nitrogens is 1. The van der Waals surface area contributed by atoms with Crippen LogP contribution >= 0.6 is 12.2 Å². The van der Waals surface area contributed by atoms with Crippen molar-refractivity contribution in [3.63, 3.8) is 0 Å². The fourth-order valence-electron chi connectivity index (χ4n) is 3.77. The van der Waals surface area contributed by atoms with Crippen LogP contribution in [0.25, 0.3) is 10.9 Å². The van der Waals surface area contributed by atoms with Gasteiger partial charge in [-0.05, 0) is 48.5 Å². The summed E-state index contributed by atoms with van der Waals surface area (Å²) in [4.78, 5) is 17.8. The first-order chi connectivity index (χ1) is 15.6. The van der Waals surface area contributed by atoms with Crippen molar-refractivity contribution in [2.45, 2.75) is 26.4 Å². The van der Waals surface area contributed by atoms with E-state index < -0.39 is 0 Å². The van der Waals surface area contributed by atoms with Gasteiger partial charge in [-0.25, -0.2) is 0 Å². The molecule has 3 aromatic rings.